The van der Waals surface area contributed by atoms with E-state index in [-0.39, 0.29) is 137 Å². The van der Waals surface area contributed by atoms with E-state index in [4.69, 9.17) is 12.6 Å². The molecular weight excluding hydrogens is 1430 g/mol. The van der Waals surface area contributed by atoms with Gasteiger partial charge in [0.1, 0.15) is 26.2 Å². The minimum Gasteiger partial charge on any atom is -0.748 e. The van der Waals surface area contributed by atoms with Crippen molar-refractivity contribution in [3.05, 3.63) is 6.92 Å². The van der Waals surface area contributed by atoms with Crippen molar-refractivity contribution in [1.29, 1.82) is 0 Å². The summed E-state index contributed by atoms with van der Waals surface area (Å²) in [4.78, 5) is 91.4. The number of carbonyl (C=O) groups is 8. The molecule has 0 aromatic rings. The molecule has 104 heavy (non-hydrogen) atoms. The molecule has 0 spiro atoms. The van der Waals surface area contributed by atoms with Crippen molar-refractivity contribution in [1.82, 2.24) is 21.3 Å². The normalized spacial score (nSPS) is 12.1. The predicted octanol–water partition coefficient (Wildman–Crippen LogP) is -3.47. The summed E-state index contributed by atoms with van der Waals surface area (Å²) in [6.45, 7) is 15.2. The van der Waals surface area contributed by atoms with Crippen LogP contribution in [0.1, 0.15) is 258 Å². The molecule has 0 aliphatic carbocycles. The third-order valence-corrected chi connectivity index (χ3v) is 19.7. The van der Waals surface area contributed by atoms with Crippen molar-refractivity contribution in [2.45, 2.75) is 269 Å². The Kier molecular flexibility index (Phi) is 78.5. The van der Waals surface area contributed by atoms with Gasteiger partial charge >= 0.3 is 99.3 Å². The maximum Gasteiger partial charge on any atom is 1.00 e. The van der Waals surface area contributed by atoms with Crippen molar-refractivity contribution in [2.24, 2.45) is 0 Å². The van der Waals surface area contributed by atoms with E-state index in [2.05, 4.69) is 28.2 Å². The maximum atomic E-state index is 12.1. The van der Waals surface area contributed by atoms with Crippen LogP contribution in [-0.2, 0) is 69.2 Å². The van der Waals surface area contributed by atoms with Gasteiger partial charge in [0.2, 0.25) is 23.6 Å². The van der Waals surface area contributed by atoms with Crippen LogP contribution in [-0.4, -0.2) is 249 Å². The SMILES string of the molecule is CC(=O)C[N+](C)(C)CCCNC(=O)CCCCCCCCCC(CCCCCCCC(=O)NCCC[N+](C)(C)CC(C)=O)S(=O)(=O)[O-].CCCC(CCCCCCCC(=O)NCCC[N+](C)(C)CC(=O)[O-])S(=O)(=O)[O-].O=S(=O)=O.[CH2-]CCCCCCCCC(=O)NCCC[N+](C)(C)CC(=O)[O-].[Na+].[Na+].[Na+]. The Morgan fingerprint density at radius 3 is 0.760 bits per heavy atom. The molecule has 0 aliphatic heterocycles. The molecule has 27 nitrogen and oxygen atoms in total. The maximum absolute atomic E-state index is 12.1. The fourth-order valence-corrected chi connectivity index (χ4v) is 13.7. The number of carboxylic acids is 2. The van der Waals surface area contributed by atoms with E-state index >= 15 is 0 Å². The van der Waals surface area contributed by atoms with Crippen LogP contribution in [0, 0.1) is 6.92 Å². The molecule has 0 aliphatic rings. The molecule has 596 valence electrons. The molecule has 0 bridgehead atoms. The van der Waals surface area contributed by atoms with Crippen molar-refractivity contribution in [3.8, 4) is 0 Å². The van der Waals surface area contributed by atoms with Gasteiger partial charge in [0.25, 0.3) is 0 Å². The number of nitrogens with one attached hydrogen (secondary N) is 4. The Labute approximate surface area is 697 Å². The molecule has 0 fully saturated rings. The number of rotatable bonds is 62. The molecule has 0 radical (unpaired) electrons. The minimum absolute atomic E-state index is 0. The van der Waals surface area contributed by atoms with Gasteiger partial charge in [0.05, 0.1) is 115 Å². The van der Waals surface area contributed by atoms with Crippen LogP contribution in [0.2, 0.25) is 0 Å². The predicted molar refractivity (Wildman–Crippen MR) is 389 cm³/mol. The van der Waals surface area contributed by atoms with E-state index in [9.17, 15) is 74.5 Å². The topological polar surface area (TPSA) is 396 Å². The summed E-state index contributed by atoms with van der Waals surface area (Å²) >= 11 is 0. The van der Waals surface area contributed by atoms with Gasteiger partial charge in [-0.3, -0.25) is 28.8 Å². The van der Waals surface area contributed by atoms with E-state index in [0.29, 0.717) is 141 Å². The fourth-order valence-electron chi connectivity index (χ4n) is 11.8. The Balaban J connectivity index is -0.000000281. The smallest absolute Gasteiger partial charge is 0.748 e. The number of ketones is 2. The second kappa shape index (κ2) is 70.5. The Hall–Kier alpha value is -1.56. The van der Waals surface area contributed by atoms with E-state index in [1.165, 1.54) is 25.7 Å². The fraction of sp³-hybridized carbons (Fsp3) is 0.873. The average molecular weight is 1570 g/mol. The summed E-state index contributed by atoms with van der Waals surface area (Å²) in [5.41, 5.74) is 0. The van der Waals surface area contributed by atoms with E-state index in [1.54, 1.807) is 13.8 Å². The number of amides is 4. The van der Waals surface area contributed by atoms with Gasteiger partial charge in [0.15, 0.2) is 11.6 Å². The summed E-state index contributed by atoms with van der Waals surface area (Å²) < 4.78 is 96.1. The monoisotopic (exact) mass is 1570 g/mol. The van der Waals surface area contributed by atoms with Crippen LogP contribution >= 0.6 is 0 Å². The van der Waals surface area contributed by atoms with Gasteiger partial charge in [-0.05, 0) is 51.4 Å². The van der Waals surface area contributed by atoms with Crippen molar-refractivity contribution in [3.63, 3.8) is 0 Å². The number of nitrogens with zero attached hydrogens (tertiary/aromatic N) is 4. The first-order valence-corrected chi connectivity index (χ1v) is 41.1. The number of Topliss-reactive ketones (excluding diaryl/α,β-unsaturated/α-hetero) is 2. The number of carboxylic acid groups (broad SMARTS) is 2. The molecule has 0 aromatic carbocycles. The molecular formula is C71H139N8Na3O19S3+2. The molecule has 0 heterocycles. The second-order valence-electron chi connectivity index (χ2n) is 29.8. The molecule has 0 saturated heterocycles. The van der Waals surface area contributed by atoms with Crippen LogP contribution < -0.4 is 120 Å². The van der Waals surface area contributed by atoms with Crippen molar-refractivity contribution < 1.29 is 194 Å². The Bertz CT molecular complexity index is 2620. The van der Waals surface area contributed by atoms with Gasteiger partial charge in [-0.25, -0.2) is 16.8 Å². The molecule has 4 amide bonds. The van der Waals surface area contributed by atoms with Gasteiger partial charge in [-0.15, -0.1) is 12.6 Å². The first-order valence-electron chi connectivity index (χ1n) is 37.2. The van der Waals surface area contributed by atoms with Crippen LogP contribution in [0.5, 0.6) is 0 Å². The van der Waals surface area contributed by atoms with Gasteiger partial charge in [-0.1, -0.05) is 135 Å². The zero-order valence-electron chi connectivity index (χ0n) is 67.3. The van der Waals surface area contributed by atoms with Crippen molar-refractivity contribution in [2.75, 3.05) is 135 Å². The largest absolute Gasteiger partial charge is 1.00 e. The number of aliphatic carboxylic acids is 2. The van der Waals surface area contributed by atoms with Crippen molar-refractivity contribution >= 4 is 78.0 Å². The van der Waals surface area contributed by atoms with Gasteiger partial charge in [0, 0.05) is 102 Å². The third-order valence-electron chi connectivity index (χ3n) is 17.1. The Morgan fingerprint density at radius 1 is 0.356 bits per heavy atom. The zero-order valence-corrected chi connectivity index (χ0v) is 75.7. The summed E-state index contributed by atoms with van der Waals surface area (Å²) in [6.07, 6.45) is 30.4. The molecule has 0 saturated carbocycles. The van der Waals surface area contributed by atoms with E-state index in [0.717, 1.165) is 154 Å². The molecule has 33 heteroatoms. The second-order valence-corrected chi connectivity index (χ2v) is 33.5. The van der Waals surface area contributed by atoms with E-state index < -0.39 is 53.3 Å². The molecule has 0 rings (SSSR count). The summed E-state index contributed by atoms with van der Waals surface area (Å²) in [5, 5.41) is 31.3. The molecule has 4 N–H and O–H groups in total. The first kappa shape index (κ1) is 116. The summed E-state index contributed by atoms with van der Waals surface area (Å²) in [5.74, 6) is -1.58. The van der Waals surface area contributed by atoms with Crippen LogP contribution in [0.4, 0.5) is 0 Å². The Morgan fingerprint density at radius 2 is 0.558 bits per heavy atom. The van der Waals surface area contributed by atoms with Crippen LogP contribution in [0.25, 0.3) is 0 Å². The summed E-state index contributed by atoms with van der Waals surface area (Å²) in [7, 11) is 3.79. The number of hydrogen-bond donors (Lipinski definition) is 4. The zero-order chi connectivity index (χ0) is 77.8. The average Bonchev–Trinajstić information content (AvgIpc) is 1.10. The van der Waals surface area contributed by atoms with Gasteiger partial charge < -0.3 is 75.0 Å². The van der Waals surface area contributed by atoms with Gasteiger partial charge in [-0.2, -0.15) is 6.42 Å². The quantitative estimate of drug-likeness (QED) is 0.0151. The molecule has 0 aromatic heterocycles. The number of hydrogen-bond acceptors (Lipinski definition) is 19. The molecule has 2 unspecified atom stereocenters. The third kappa shape index (κ3) is 87.7. The number of quaternary nitrogens is 4. The number of likely N-dealkylation sites (N-methyl/N-ethyl adjacent to an activating group) is 4. The standard InChI is InChI=1S/C35H68N4O7S.C19H38N2O6S.C17H34N2O3.3Na.O3S/c1-31(40)29-38(3,4)27-19-25-36-34(42)23-17-13-9-7-8-11-15-21-33(47(44,45)46)22-16-12-10-14-18-24-35(43)37-26-20-28-39(5,6)30-32(2)41;1-4-11-17(28(25,26)27)12-8-6-5-7-9-13-18(22)20-14-10-15-21(2,3)16-19(23)24;1-4-5-6-7-8-9-10-12-16(20)18-13-11-14-19(2,3)15-17(21)22;;;;1-4(2)3/h33H,7-30H2,1-6H3,(H-2,36,37,42,43,44,45,46);17H,4-16H2,1-3H3,(H2-,20,22,23,24,25,26,27);1,4-15H2,2-3H3,(H,18,20)(H,21,22);;;;/q;;;3*+1;/p-1. The van der Waals surface area contributed by atoms with Crippen LogP contribution in [0.15, 0.2) is 0 Å². The number of carbonyl (C=O) groups excluding carboxylic acids is 8. The first-order chi connectivity index (χ1) is 47.0. The summed E-state index contributed by atoms with van der Waals surface area (Å²) in [6, 6.07) is 0. The van der Waals surface area contributed by atoms with Crippen LogP contribution in [0.3, 0.4) is 0 Å². The molecule has 2 atom stereocenters. The van der Waals surface area contributed by atoms with E-state index in [1.807, 2.05) is 63.3 Å². The minimum atomic E-state index is -4.31. The number of unbranched alkanes of at least 4 members (excludes halogenated alkanes) is 20.